The molecular formula is C23H23N3O2. The quantitative estimate of drug-likeness (QED) is 0.761. The second-order valence-electron chi connectivity index (χ2n) is 7.65. The highest BCUT2D eigenvalue weighted by molar-refractivity contribution is 6.02. The van der Waals surface area contributed by atoms with Gasteiger partial charge < -0.3 is 14.8 Å². The van der Waals surface area contributed by atoms with Crippen molar-refractivity contribution in [3.05, 3.63) is 71.4 Å². The molecule has 1 N–H and O–H groups in total. The van der Waals surface area contributed by atoms with Crippen molar-refractivity contribution in [2.75, 3.05) is 19.6 Å². The predicted octanol–water partition coefficient (Wildman–Crippen LogP) is 3.73. The van der Waals surface area contributed by atoms with E-state index in [-0.39, 0.29) is 24.4 Å². The van der Waals surface area contributed by atoms with E-state index in [1.807, 2.05) is 53.6 Å². The first-order valence-corrected chi connectivity index (χ1v) is 9.98. The number of benzene rings is 2. The summed E-state index contributed by atoms with van der Waals surface area (Å²) < 4.78 is 0. The SMILES string of the molecule is O=C(CN1C(=O)c2ccccc2[C@H]1c1c[nH]c2ccccc12)N1CCCCC1. The summed E-state index contributed by atoms with van der Waals surface area (Å²) in [6, 6.07) is 15.6. The molecule has 1 aromatic heterocycles. The van der Waals surface area contributed by atoms with Gasteiger partial charge in [0.2, 0.25) is 5.91 Å². The van der Waals surface area contributed by atoms with Crippen LogP contribution in [0.5, 0.6) is 0 Å². The van der Waals surface area contributed by atoms with Crippen molar-refractivity contribution >= 4 is 22.7 Å². The highest BCUT2D eigenvalue weighted by Gasteiger charge is 2.40. The van der Waals surface area contributed by atoms with Crippen molar-refractivity contribution in [1.82, 2.24) is 14.8 Å². The number of nitrogens with one attached hydrogen (secondary N) is 1. The van der Waals surface area contributed by atoms with Crippen LogP contribution < -0.4 is 0 Å². The van der Waals surface area contributed by atoms with E-state index in [0.717, 1.165) is 48.0 Å². The van der Waals surface area contributed by atoms with Crippen LogP contribution in [0.3, 0.4) is 0 Å². The molecule has 3 aromatic rings. The first-order chi connectivity index (χ1) is 13.7. The largest absolute Gasteiger partial charge is 0.361 e. The van der Waals surface area contributed by atoms with E-state index >= 15 is 0 Å². The zero-order chi connectivity index (χ0) is 19.1. The number of amides is 2. The van der Waals surface area contributed by atoms with Crippen molar-refractivity contribution in [3.8, 4) is 0 Å². The number of H-pyrrole nitrogens is 1. The van der Waals surface area contributed by atoms with E-state index in [1.165, 1.54) is 6.42 Å². The van der Waals surface area contributed by atoms with Gasteiger partial charge in [-0.05, 0) is 37.0 Å². The van der Waals surface area contributed by atoms with Gasteiger partial charge >= 0.3 is 0 Å². The molecule has 2 aromatic carbocycles. The monoisotopic (exact) mass is 373 g/mol. The Morgan fingerprint density at radius 1 is 0.964 bits per heavy atom. The highest BCUT2D eigenvalue weighted by Crippen LogP contribution is 2.41. The molecule has 1 atom stereocenters. The lowest BCUT2D eigenvalue weighted by Gasteiger charge is -2.31. The summed E-state index contributed by atoms with van der Waals surface area (Å²) in [5, 5.41) is 1.09. The molecule has 2 aliphatic rings. The maximum atomic E-state index is 13.2. The molecule has 5 nitrogen and oxygen atoms in total. The Labute approximate surface area is 163 Å². The van der Waals surface area contributed by atoms with E-state index in [2.05, 4.69) is 11.1 Å². The minimum absolute atomic E-state index is 0.0469. The van der Waals surface area contributed by atoms with E-state index in [4.69, 9.17) is 0 Å². The number of para-hydroxylation sites is 1. The molecule has 3 heterocycles. The summed E-state index contributed by atoms with van der Waals surface area (Å²) in [4.78, 5) is 33.1. The van der Waals surface area contributed by atoms with Crippen LogP contribution in [0.4, 0.5) is 0 Å². The van der Waals surface area contributed by atoms with E-state index in [0.29, 0.717) is 5.56 Å². The Balaban J connectivity index is 1.55. The van der Waals surface area contributed by atoms with Gasteiger partial charge in [-0.2, -0.15) is 0 Å². The lowest BCUT2D eigenvalue weighted by atomic mass is 9.97. The molecule has 0 aliphatic carbocycles. The Hall–Kier alpha value is -3.08. The zero-order valence-corrected chi connectivity index (χ0v) is 15.7. The maximum Gasteiger partial charge on any atom is 0.255 e. The van der Waals surface area contributed by atoms with Crippen LogP contribution in [-0.4, -0.2) is 46.2 Å². The summed E-state index contributed by atoms with van der Waals surface area (Å²) in [5.41, 5.74) is 3.75. The minimum atomic E-state index is -0.242. The fourth-order valence-electron chi connectivity index (χ4n) is 4.58. The number of piperidine rings is 1. The molecule has 5 rings (SSSR count). The zero-order valence-electron chi connectivity index (χ0n) is 15.7. The Morgan fingerprint density at radius 3 is 2.57 bits per heavy atom. The molecule has 0 radical (unpaired) electrons. The number of carbonyl (C=O) groups excluding carboxylic acids is 2. The standard InChI is InChI=1S/C23H23N3O2/c27-21(25-12-6-1-7-13-25)15-26-22(17-9-2-3-10-18(17)23(26)28)19-14-24-20-11-5-4-8-16(19)20/h2-5,8-11,14,22,24H,1,6-7,12-13,15H2/t22-/m0/s1. The van der Waals surface area contributed by atoms with Crippen molar-refractivity contribution in [2.45, 2.75) is 25.3 Å². The van der Waals surface area contributed by atoms with Gasteiger partial charge in [-0.1, -0.05) is 36.4 Å². The minimum Gasteiger partial charge on any atom is -0.361 e. The van der Waals surface area contributed by atoms with Gasteiger partial charge in [0.05, 0.1) is 6.04 Å². The summed E-state index contributed by atoms with van der Waals surface area (Å²) in [6.07, 6.45) is 5.25. The molecule has 5 heteroatoms. The molecule has 0 saturated carbocycles. The topological polar surface area (TPSA) is 56.4 Å². The van der Waals surface area contributed by atoms with Gasteiger partial charge in [-0.25, -0.2) is 0 Å². The number of fused-ring (bicyclic) bond motifs is 2. The number of aromatic nitrogens is 1. The first-order valence-electron chi connectivity index (χ1n) is 9.98. The summed E-state index contributed by atoms with van der Waals surface area (Å²) >= 11 is 0. The Kier molecular flexibility index (Phi) is 4.15. The number of carbonyl (C=O) groups is 2. The number of rotatable bonds is 3. The number of nitrogens with zero attached hydrogens (tertiary/aromatic N) is 2. The molecule has 0 unspecified atom stereocenters. The van der Waals surface area contributed by atoms with Crippen molar-refractivity contribution in [1.29, 1.82) is 0 Å². The van der Waals surface area contributed by atoms with E-state index < -0.39 is 0 Å². The molecule has 1 saturated heterocycles. The van der Waals surface area contributed by atoms with Crippen molar-refractivity contribution < 1.29 is 9.59 Å². The van der Waals surface area contributed by atoms with Crippen LogP contribution >= 0.6 is 0 Å². The van der Waals surface area contributed by atoms with Crippen molar-refractivity contribution in [3.63, 3.8) is 0 Å². The number of hydrogen-bond donors (Lipinski definition) is 1. The Morgan fingerprint density at radius 2 is 1.71 bits per heavy atom. The molecule has 1 fully saturated rings. The van der Waals surface area contributed by atoms with Crippen LogP contribution in [0.25, 0.3) is 10.9 Å². The number of likely N-dealkylation sites (tertiary alicyclic amines) is 1. The van der Waals surface area contributed by atoms with Gasteiger partial charge in [0.25, 0.3) is 5.91 Å². The van der Waals surface area contributed by atoms with Gasteiger partial charge in [0.15, 0.2) is 0 Å². The van der Waals surface area contributed by atoms with Crippen LogP contribution in [0.2, 0.25) is 0 Å². The third kappa shape index (κ3) is 2.70. The van der Waals surface area contributed by atoms with Gasteiger partial charge in [-0.3, -0.25) is 9.59 Å². The summed E-state index contributed by atoms with van der Waals surface area (Å²) in [6.45, 7) is 1.72. The smallest absolute Gasteiger partial charge is 0.255 e. The fourth-order valence-corrected chi connectivity index (χ4v) is 4.58. The van der Waals surface area contributed by atoms with E-state index in [1.54, 1.807) is 4.90 Å². The molecular weight excluding hydrogens is 350 g/mol. The second-order valence-corrected chi connectivity index (χ2v) is 7.65. The first kappa shape index (κ1) is 17.0. The molecule has 2 aliphatic heterocycles. The molecule has 142 valence electrons. The second kappa shape index (κ2) is 6.82. The number of hydrogen-bond acceptors (Lipinski definition) is 2. The lowest BCUT2D eigenvalue weighted by Crippen LogP contribution is -2.44. The van der Waals surface area contributed by atoms with Crippen LogP contribution in [0.1, 0.15) is 46.8 Å². The van der Waals surface area contributed by atoms with Gasteiger partial charge in [0.1, 0.15) is 6.54 Å². The Bertz CT molecular complexity index is 1050. The lowest BCUT2D eigenvalue weighted by molar-refractivity contribution is -0.133. The normalized spacial score (nSPS) is 19.3. The van der Waals surface area contributed by atoms with Gasteiger partial charge in [-0.15, -0.1) is 0 Å². The molecule has 28 heavy (non-hydrogen) atoms. The van der Waals surface area contributed by atoms with Gasteiger partial charge in [0, 0.05) is 41.3 Å². The van der Waals surface area contributed by atoms with E-state index in [9.17, 15) is 9.59 Å². The highest BCUT2D eigenvalue weighted by atomic mass is 16.2. The van der Waals surface area contributed by atoms with Crippen LogP contribution in [0.15, 0.2) is 54.7 Å². The summed E-state index contributed by atoms with van der Waals surface area (Å²) in [7, 11) is 0. The van der Waals surface area contributed by atoms with Crippen LogP contribution in [0, 0.1) is 0 Å². The van der Waals surface area contributed by atoms with Crippen molar-refractivity contribution in [2.24, 2.45) is 0 Å². The predicted molar refractivity (Wildman–Crippen MR) is 108 cm³/mol. The maximum absolute atomic E-state index is 13.2. The molecule has 0 bridgehead atoms. The third-order valence-electron chi connectivity index (χ3n) is 5.99. The fraction of sp³-hybridized carbons (Fsp3) is 0.304. The summed E-state index contributed by atoms with van der Waals surface area (Å²) in [5.74, 6) is -0.0121. The average Bonchev–Trinajstić information content (AvgIpc) is 3.28. The molecule has 0 spiro atoms. The third-order valence-corrected chi connectivity index (χ3v) is 5.99. The van der Waals surface area contributed by atoms with Crippen LogP contribution in [-0.2, 0) is 4.79 Å². The average molecular weight is 373 g/mol. The molecule has 2 amide bonds. The number of aromatic amines is 1.